The normalized spacial score (nSPS) is 33.2. The largest absolute Gasteiger partial charge is 0.453 e. The molecule has 3 atom stereocenters. The highest BCUT2D eigenvalue weighted by Gasteiger charge is 2.57. The Hall–Kier alpha value is -1.45. The molecule has 0 radical (unpaired) electrons. The average molecular weight is 499 g/mol. The van der Waals surface area contributed by atoms with E-state index in [1.165, 1.54) is 50.5 Å². The average Bonchev–Trinajstić information content (AvgIpc) is 2.58. The molecule has 0 aromatic heterocycles. The van der Waals surface area contributed by atoms with Gasteiger partial charge in [0.15, 0.2) is 6.10 Å². The number of halogens is 1. The standard InChI is InChI=1S/C21H27BrN2O5S/c1-13(19(26)24-16-2-4-17(5-3-16)30(23,27)28)29-18(25)11-20-7-14-6-15(8-20)10-21(22,9-14)12-20/h2-5,13-15H,6-12H2,1H3,(H,24,26)(H2,23,27,28)/t13-,14+,15+,20?,21?/m0/s1. The highest BCUT2D eigenvalue weighted by atomic mass is 79.9. The first-order valence-electron chi connectivity index (χ1n) is 10.3. The molecule has 4 bridgehead atoms. The summed E-state index contributed by atoms with van der Waals surface area (Å²) in [5, 5.41) is 7.70. The molecule has 0 aliphatic heterocycles. The summed E-state index contributed by atoms with van der Waals surface area (Å²) < 4.78 is 28.2. The van der Waals surface area contributed by atoms with Crippen LogP contribution >= 0.6 is 15.9 Å². The minimum absolute atomic E-state index is 0.00951. The zero-order valence-electron chi connectivity index (χ0n) is 16.9. The topological polar surface area (TPSA) is 116 Å². The van der Waals surface area contributed by atoms with Gasteiger partial charge < -0.3 is 10.1 Å². The van der Waals surface area contributed by atoms with Gasteiger partial charge >= 0.3 is 5.97 Å². The van der Waals surface area contributed by atoms with Crippen LogP contribution < -0.4 is 10.5 Å². The predicted molar refractivity (Wildman–Crippen MR) is 115 cm³/mol. The molecule has 5 rings (SSSR count). The van der Waals surface area contributed by atoms with Gasteiger partial charge in [-0.05, 0) is 87.0 Å². The van der Waals surface area contributed by atoms with Gasteiger partial charge in [0.05, 0.1) is 11.3 Å². The number of primary sulfonamides is 1. The van der Waals surface area contributed by atoms with Crippen LogP contribution in [0, 0.1) is 17.3 Å². The highest BCUT2D eigenvalue weighted by Crippen LogP contribution is 2.65. The zero-order valence-corrected chi connectivity index (χ0v) is 19.3. The minimum atomic E-state index is -3.79. The number of sulfonamides is 1. The monoisotopic (exact) mass is 498 g/mol. The maximum absolute atomic E-state index is 12.7. The van der Waals surface area contributed by atoms with Crippen LogP contribution in [0.4, 0.5) is 5.69 Å². The summed E-state index contributed by atoms with van der Waals surface area (Å²) in [6.45, 7) is 1.54. The summed E-state index contributed by atoms with van der Waals surface area (Å²) in [6, 6.07) is 5.50. The van der Waals surface area contributed by atoms with Gasteiger partial charge in [0.25, 0.3) is 5.91 Å². The predicted octanol–water partition coefficient (Wildman–Crippen LogP) is 3.33. The maximum Gasteiger partial charge on any atom is 0.307 e. The molecule has 0 unspecified atom stereocenters. The van der Waals surface area contributed by atoms with Crippen molar-refractivity contribution in [3.05, 3.63) is 24.3 Å². The summed E-state index contributed by atoms with van der Waals surface area (Å²) in [6.07, 6.45) is 6.22. The summed E-state index contributed by atoms with van der Waals surface area (Å²) in [7, 11) is -3.79. The zero-order chi connectivity index (χ0) is 21.7. The van der Waals surface area contributed by atoms with E-state index in [2.05, 4.69) is 21.2 Å². The van der Waals surface area contributed by atoms with Gasteiger partial charge in [0.2, 0.25) is 10.0 Å². The van der Waals surface area contributed by atoms with E-state index < -0.39 is 22.0 Å². The van der Waals surface area contributed by atoms with Gasteiger partial charge in [0.1, 0.15) is 0 Å². The third-order valence-electron chi connectivity index (χ3n) is 6.76. The Kier molecular flexibility index (Phi) is 5.51. The number of nitrogens with two attached hydrogens (primary N) is 1. The second-order valence-corrected chi connectivity index (χ2v) is 12.7. The lowest BCUT2D eigenvalue weighted by Crippen LogP contribution is -2.53. The van der Waals surface area contributed by atoms with Crippen molar-refractivity contribution in [2.75, 3.05) is 5.32 Å². The summed E-state index contributed by atoms with van der Waals surface area (Å²) in [4.78, 5) is 25.0. The molecular weight excluding hydrogens is 472 g/mol. The van der Waals surface area contributed by atoms with Gasteiger partial charge in [-0.2, -0.15) is 0 Å². The van der Waals surface area contributed by atoms with Crippen LogP contribution in [0.25, 0.3) is 0 Å². The number of nitrogens with one attached hydrogen (secondary N) is 1. The number of carbonyl (C=O) groups is 2. The third kappa shape index (κ3) is 4.57. The highest BCUT2D eigenvalue weighted by molar-refractivity contribution is 9.10. The smallest absolute Gasteiger partial charge is 0.307 e. The first-order chi connectivity index (χ1) is 14.0. The number of benzene rings is 1. The van der Waals surface area contributed by atoms with Crippen molar-refractivity contribution < 1.29 is 22.7 Å². The van der Waals surface area contributed by atoms with E-state index in [4.69, 9.17) is 9.88 Å². The molecule has 9 heteroatoms. The Morgan fingerprint density at radius 3 is 2.33 bits per heavy atom. The van der Waals surface area contributed by atoms with Crippen LogP contribution in [0.15, 0.2) is 29.2 Å². The van der Waals surface area contributed by atoms with E-state index in [1.54, 1.807) is 0 Å². The Labute approximate surface area is 185 Å². The number of esters is 1. The molecule has 1 aromatic carbocycles. The fourth-order valence-electron chi connectivity index (χ4n) is 6.11. The Morgan fingerprint density at radius 2 is 1.80 bits per heavy atom. The van der Waals surface area contributed by atoms with Crippen molar-refractivity contribution in [1.29, 1.82) is 0 Å². The second-order valence-electron chi connectivity index (χ2n) is 9.48. The van der Waals surface area contributed by atoms with Crippen molar-refractivity contribution in [2.24, 2.45) is 22.4 Å². The van der Waals surface area contributed by atoms with Crippen molar-refractivity contribution in [2.45, 2.75) is 67.2 Å². The number of anilines is 1. The molecule has 4 aliphatic carbocycles. The molecule has 0 saturated heterocycles. The Morgan fingerprint density at radius 1 is 1.20 bits per heavy atom. The summed E-state index contributed by atoms with van der Waals surface area (Å²) in [5.41, 5.74) is 0.391. The van der Waals surface area contributed by atoms with E-state index in [9.17, 15) is 18.0 Å². The van der Waals surface area contributed by atoms with Crippen LogP contribution in [-0.2, 0) is 24.3 Å². The number of amides is 1. The SMILES string of the molecule is C[C@H](OC(=O)CC12C[C@H]3C[C@@H](CC(Br)(C3)C1)C2)C(=O)Nc1ccc(S(N)(=O)=O)cc1. The molecule has 7 nitrogen and oxygen atoms in total. The van der Waals surface area contributed by atoms with Gasteiger partial charge in [-0.25, -0.2) is 13.6 Å². The summed E-state index contributed by atoms with van der Waals surface area (Å²) in [5.74, 6) is 0.563. The van der Waals surface area contributed by atoms with Crippen molar-refractivity contribution in [1.82, 2.24) is 0 Å². The second kappa shape index (κ2) is 7.60. The number of rotatable bonds is 6. The quantitative estimate of drug-likeness (QED) is 0.460. The Balaban J connectivity index is 1.33. The van der Waals surface area contributed by atoms with Crippen molar-refractivity contribution >= 4 is 43.5 Å². The number of hydrogen-bond acceptors (Lipinski definition) is 5. The van der Waals surface area contributed by atoms with Crippen molar-refractivity contribution in [3.63, 3.8) is 0 Å². The van der Waals surface area contributed by atoms with Gasteiger partial charge in [-0.15, -0.1) is 0 Å². The fraction of sp³-hybridized carbons (Fsp3) is 0.619. The number of ether oxygens (including phenoxy) is 1. The van der Waals surface area contributed by atoms with Crippen LogP contribution in [-0.4, -0.2) is 30.7 Å². The first-order valence-corrected chi connectivity index (χ1v) is 12.6. The van der Waals surface area contributed by atoms with Crippen molar-refractivity contribution in [3.8, 4) is 0 Å². The van der Waals surface area contributed by atoms with E-state index >= 15 is 0 Å². The van der Waals surface area contributed by atoms with E-state index in [1.807, 2.05) is 0 Å². The Bertz CT molecular complexity index is 948. The molecule has 4 aliphatic rings. The maximum atomic E-state index is 12.7. The molecule has 1 amide bonds. The number of alkyl halides is 1. The minimum Gasteiger partial charge on any atom is -0.453 e. The molecule has 4 fully saturated rings. The lowest BCUT2D eigenvalue weighted by atomic mass is 9.49. The van der Waals surface area contributed by atoms with E-state index in [0.29, 0.717) is 23.9 Å². The molecular formula is C21H27BrN2O5S. The number of carbonyl (C=O) groups excluding carboxylic acids is 2. The molecule has 1 aromatic rings. The lowest BCUT2D eigenvalue weighted by molar-refractivity contribution is -0.159. The van der Waals surface area contributed by atoms with Crippen LogP contribution in [0.2, 0.25) is 0 Å². The molecule has 3 N–H and O–H groups in total. The molecule has 164 valence electrons. The van der Waals surface area contributed by atoms with Gasteiger partial charge in [-0.3, -0.25) is 9.59 Å². The van der Waals surface area contributed by atoms with Crippen LogP contribution in [0.1, 0.15) is 51.9 Å². The molecule has 0 spiro atoms. The van der Waals surface area contributed by atoms with Gasteiger partial charge in [0, 0.05) is 10.0 Å². The van der Waals surface area contributed by atoms with Crippen LogP contribution in [0.5, 0.6) is 0 Å². The first kappa shape index (κ1) is 21.8. The van der Waals surface area contributed by atoms with E-state index in [-0.39, 0.29) is 20.6 Å². The third-order valence-corrected chi connectivity index (χ3v) is 8.62. The summed E-state index contributed by atoms with van der Waals surface area (Å²) >= 11 is 3.95. The fourth-order valence-corrected chi connectivity index (χ4v) is 8.14. The molecule has 0 heterocycles. The molecule has 4 saturated carbocycles. The number of hydrogen-bond donors (Lipinski definition) is 2. The lowest BCUT2D eigenvalue weighted by Gasteiger charge is -2.60. The van der Waals surface area contributed by atoms with Crippen LogP contribution in [0.3, 0.4) is 0 Å². The van der Waals surface area contributed by atoms with Gasteiger partial charge in [-0.1, -0.05) is 15.9 Å². The van der Waals surface area contributed by atoms with E-state index in [0.717, 1.165) is 19.3 Å². The molecule has 30 heavy (non-hydrogen) atoms.